The van der Waals surface area contributed by atoms with Crippen LogP contribution in [-0.4, -0.2) is 22.1 Å². The van der Waals surface area contributed by atoms with Gasteiger partial charge in [-0.15, -0.1) is 0 Å². The third-order valence-corrected chi connectivity index (χ3v) is 4.47. The first-order chi connectivity index (χ1) is 11.1. The van der Waals surface area contributed by atoms with Crippen molar-refractivity contribution in [3.63, 3.8) is 0 Å². The van der Waals surface area contributed by atoms with Crippen molar-refractivity contribution in [3.05, 3.63) is 47.0 Å². The van der Waals surface area contributed by atoms with Crippen LogP contribution in [0, 0.1) is 6.92 Å². The first-order valence-electron chi connectivity index (χ1n) is 8.46. The van der Waals surface area contributed by atoms with Crippen molar-refractivity contribution in [1.82, 2.24) is 15.0 Å². The highest BCUT2D eigenvalue weighted by Crippen LogP contribution is 2.29. The van der Waals surface area contributed by atoms with E-state index in [9.17, 15) is 0 Å². The maximum Gasteiger partial charge on any atom is 0.316 e. The Kier molecular flexibility index (Phi) is 5.26. The largest absolute Gasteiger partial charge is 0.467 e. The predicted molar refractivity (Wildman–Crippen MR) is 97.6 cm³/mol. The highest BCUT2D eigenvalue weighted by Gasteiger charge is 2.22. The lowest BCUT2D eigenvalue weighted by atomic mass is 9.81. The van der Waals surface area contributed by atoms with Crippen molar-refractivity contribution in [2.75, 3.05) is 7.11 Å². The van der Waals surface area contributed by atoms with Gasteiger partial charge in [-0.1, -0.05) is 34.6 Å². The van der Waals surface area contributed by atoms with Gasteiger partial charge >= 0.3 is 6.01 Å². The molecule has 0 aliphatic carbocycles. The van der Waals surface area contributed by atoms with E-state index in [0.29, 0.717) is 6.01 Å². The third kappa shape index (κ3) is 4.53. The second-order valence-corrected chi connectivity index (χ2v) is 8.08. The van der Waals surface area contributed by atoms with Gasteiger partial charge < -0.3 is 4.74 Å². The van der Waals surface area contributed by atoms with Gasteiger partial charge in [-0.25, -0.2) is 9.97 Å². The zero-order valence-electron chi connectivity index (χ0n) is 16.0. The number of aromatic nitrogens is 3. The molecule has 2 aromatic rings. The van der Waals surface area contributed by atoms with Gasteiger partial charge in [0.25, 0.3) is 0 Å². The minimum atomic E-state index is -0.0143. The summed E-state index contributed by atoms with van der Waals surface area (Å²) in [6.07, 6.45) is 5.64. The fourth-order valence-electron chi connectivity index (χ4n) is 2.65. The summed E-state index contributed by atoms with van der Waals surface area (Å²) >= 11 is 0. The van der Waals surface area contributed by atoms with E-state index >= 15 is 0 Å². The van der Waals surface area contributed by atoms with Gasteiger partial charge in [-0.2, -0.15) is 0 Å². The number of hydrogen-bond acceptors (Lipinski definition) is 4. The molecule has 0 amide bonds. The molecule has 0 aromatic carbocycles. The average Bonchev–Trinajstić information content (AvgIpc) is 2.52. The van der Waals surface area contributed by atoms with Crippen LogP contribution >= 0.6 is 0 Å². The summed E-state index contributed by atoms with van der Waals surface area (Å²) in [6.45, 7) is 13.2. The molecule has 2 rings (SSSR count). The Morgan fingerprint density at radius 2 is 1.58 bits per heavy atom. The van der Waals surface area contributed by atoms with Crippen LogP contribution < -0.4 is 4.74 Å². The van der Waals surface area contributed by atoms with E-state index in [-0.39, 0.29) is 10.8 Å². The molecule has 0 spiro atoms. The van der Waals surface area contributed by atoms with Gasteiger partial charge in [-0.05, 0) is 53.9 Å². The molecule has 4 nitrogen and oxygen atoms in total. The molecule has 0 saturated carbocycles. The maximum absolute atomic E-state index is 5.04. The summed E-state index contributed by atoms with van der Waals surface area (Å²) in [4.78, 5) is 13.2. The number of pyridine rings is 1. The number of rotatable bonds is 5. The topological polar surface area (TPSA) is 47.9 Å². The van der Waals surface area contributed by atoms with Gasteiger partial charge in [0, 0.05) is 23.8 Å². The second kappa shape index (κ2) is 6.88. The van der Waals surface area contributed by atoms with Crippen LogP contribution in [-0.2, 0) is 17.3 Å². The highest BCUT2D eigenvalue weighted by molar-refractivity contribution is 5.28. The van der Waals surface area contributed by atoms with E-state index in [4.69, 9.17) is 9.72 Å². The zero-order chi connectivity index (χ0) is 18.0. The average molecular weight is 327 g/mol. The molecular weight excluding hydrogens is 298 g/mol. The number of hydrogen-bond donors (Lipinski definition) is 0. The Morgan fingerprint density at radius 3 is 2.12 bits per heavy atom. The molecule has 24 heavy (non-hydrogen) atoms. The molecule has 0 atom stereocenters. The molecular formula is C20H29N3O. The van der Waals surface area contributed by atoms with E-state index in [1.54, 1.807) is 7.11 Å². The van der Waals surface area contributed by atoms with E-state index in [0.717, 1.165) is 29.8 Å². The van der Waals surface area contributed by atoms with Crippen molar-refractivity contribution in [2.45, 2.75) is 65.2 Å². The van der Waals surface area contributed by atoms with Crippen LogP contribution in [0.5, 0.6) is 6.01 Å². The van der Waals surface area contributed by atoms with Crippen LogP contribution in [0.1, 0.15) is 63.6 Å². The van der Waals surface area contributed by atoms with Crippen molar-refractivity contribution in [1.29, 1.82) is 0 Å². The molecule has 0 N–H and O–H groups in total. The molecule has 2 aromatic heterocycles. The summed E-state index contributed by atoms with van der Waals surface area (Å²) in [5.74, 6) is 0. The maximum atomic E-state index is 5.04. The lowest BCUT2D eigenvalue weighted by Crippen LogP contribution is -2.20. The molecule has 2 heterocycles. The van der Waals surface area contributed by atoms with E-state index < -0.39 is 0 Å². The molecule has 4 heteroatoms. The van der Waals surface area contributed by atoms with Crippen molar-refractivity contribution in [2.24, 2.45) is 0 Å². The summed E-state index contributed by atoms with van der Waals surface area (Å²) in [5, 5.41) is 0. The Bertz CT molecular complexity index is 685. The molecule has 0 aliphatic heterocycles. The van der Waals surface area contributed by atoms with Gasteiger partial charge in [0.05, 0.1) is 7.11 Å². The predicted octanol–water partition coefficient (Wildman–Crippen LogP) is 4.40. The molecule has 0 aliphatic rings. The van der Waals surface area contributed by atoms with Crippen molar-refractivity contribution >= 4 is 0 Å². The fraction of sp³-hybridized carbons (Fsp3) is 0.550. The number of nitrogens with zero attached hydrogens (tertiary/aromatic N) is 3. The molecule has 0 saturated heterocycles. The van der Waals surface area contributed by atoms with Crippen LogP contribution in [0.2, 0.25) is 0 Å². The Morgan fingerprint density at radius 1 is 0.958 bits per heavy atom. The summed E-state index contributed by atoms with van der Waals surface area (Å²) in [7, 11) is 1.58. The second-order valence-electron chi connectivity index (χ2n) is 8.08. The Labute approximate surface area is 145 Å². The summed E-state index contributed by atoms with van der Waals surface area (Å²) in [5.41, 5.74) is 4.83. The van der Waals surface area contributed by atoms with E-state index in [2.05, 4.69) is 63.6 Å². The lowest BCUT2D eigenvalue weighted by molar-refractivity contribution is 0.376. The molecule has 0 radical (unpaired) electrons. The first kappa shape index (κ1) is 18.4. The van der Waals surface area contributed by atoms with Gasteiger partial charge in [0.15, 0.2) is 0 Å². The van der Waals surface area contributed by atoms with Gasteiger partial charge in [0.2, 0.25) is 0 Å². The number of ether oxygens (including phenoxy) is 1. The van der Waals surface area contributed by atoms with Crippen LogP contribution in [0.15, 0.2) is 24.5 Å². The summed E-state index contributed by atoms with van der Waals surface area (Å²) in [6, 6.07) is 4.84. The number of methoxy groups -OCH3 is 1. The van der Waals surface area contributed by atoms with E-state index in [1.165, 1.54) is 5.56 Å². The lowest BCUT2D eigenvalue weighted by Gasteiger charge is -2.25. The first-order valence-corrected chi connectivity index (χ1v) is 8.46. The number of aryl methyl sites for hydroxylation is 2. The third-order valence-electron chi connectivity index (χ3n) is 4.47. The fourth-order valence-corrected chi connectivity index (χ4v) is 2.65. The monoisotopic (exact) mass is 327 g/mol. The van der Waals surface area contributed by atoms with Gasteiger partial charge in [0.1, 0.15) is 0 Å². The van der Waals surface area contributed by atoms with Crippen LogP contribution in [0.3, 0.4) is 0 Å². The standard InChI is InChI=1S/C20H29N3O/c1-14-10-15(19(2,3)4)11-17(23-14)8-9-20(5,6)16-12-21-18(24-7)22-13-16/h10-13H,8-9H2,1-7H3. The zero-order valence-corrected chi connectivity index (χ0v) is 16.0. The van der Waals surface area contributed by atoms with Gasteiger partial charge in [-0.3, -0.25) is 4.98 Å². The normalized spacial score (nSPS) is 12.3. The highest BCUT2D eigenvalue weighted by atomic mass is 16.5. The Balaban J connectivity index is 2.15. The Hall–Kier alpha value is -1.97. The van der Waals surface area contributed by atoms with Crippen LogP contribution in [0.4, 0.5) is 0 Å². The van der Waals surface area contributed by atoms with E-state index in [1.807, 2.05) is 12.4 Å². The minimum absolute atomic E-state index is 0.0143. The molecule has 130 valence electrons. The molecule has 0 bridgehead atoms. The summed E-state index contributed by atoms with van der Waals surface area (Å²) < 4.78 is 5.04. The molecule has 0 fully saturated rings. The van der Waals surface area contributed by atoms with Crippen LogP contribution in [0.25, 0.3) is 0 Å². The van der Waals surface area contributed by atoms with Crippen molar-refractivity contribution < 1.29 is 4.74 Å². The smallest absolute Gasteiger partial charge is 0.316 e. The van der Waals surface area contributed by atoms with Crippen molar-refractivity contribution in [3.8, 4) is 6.01 Å². The molecule has 0 unspecified atom stereocenters. The quantitative estimate of drug-likeness (QED) is 0.817. The SMILES string of the molecule is COc1ncc(C(C)(C)CCc2cc(C(C)(C)C)cc(C)n2)cn1. The minimum Gasteiger partial charge on any atom is -0.467 e.